The van der Waals surface area contributed by atoms with Crippen molar-refractivity contribution < 1.29 is 19.1 Å². The van der Waals surface area contributed by atoms with Crippen LogP contribution in [-0.2, 0) is 25.5 Å². The van der Waals surface area contributed by atoms with Crippen molar-refractivity contribution in [1.29, 1.82) is 0 Å². The number of piperidine rings is 1. The molecular formula is C17H23N3O4S. The van der Waals surface area contributed by atoms with E-state index in [2.05, 4.69) is 10.3 Å². The molecule has 0 bridgehead atoms. The lowest BCUT2D eigenvalue weighted by Crippen LogP contribution is -2.41. The lowest BCUT2D eigenvalue weighted by Gasteiger charge is -2.30. The molecule has 1 aliphatic carbocycles. The number of hydrogen-bond acceptors (Lipinski definition) is 6. The molecule has 2 heterocycles. The van der Waals surface area contributed by atoms with Gasteiger partial charge in [-0.15, -0.1) is 11.3 Å². The molecule has 0 unspecified atom stereocenters. The highest BCUT2D eigenvalue weighted by molar-refractivity contribution is 7.13. The summed E-state index contributed by atoms with van der Waals surface area (Å²) in [4.78, 5) is 42.0. The van der Waals surface area contributed by atoms with Crippen molar-refractivity contribution in [2.75, 3.05) is 25.0 Å². The van der Waals surface area contributed by atoms with E-state index in [9.17, 15) is 14.4 Å². The van der Waals surface area contributed by atoms with Crippen LogP contribution in [0.1, 0.15) is 38.3 Å². The Hall–Kier alpha value is -1.96. The predicted molar refractivity (Wildman–Crippen MR) is 93.1 cm³/mol. The van der Waals surface area contributed by atoms with Crippen LogP contribution < -0.4 is 5.32 Å². The lowest BCUT2D eigenvalue weighted by molar-refractivity contribution is -0.151. The zero-order chi connectivity index (χ0) is 17.8. The van der Waals surface area contributed by atoms with Gasteiger partial charge < -0.3 is 15.0 Å². The van der Waals surface area contributed by atoms with E-state index in [0.717, 1.165) is 12.8 Å². The second-order valence-electron chi connectivity index (χ2n) is 6.49. The Labute approximate surface area is 150 Å². The zero-order valence-corrected chi connectivity index (χ0v) is 15.1. The number of likely N-dealkylation sites (tertiary alicyclic amines) is 1. The monoisotopic (exact) mass is 365 g/mol. The third kappa shape index (κ3) is 4.78. The van der Waals surface area contributed by atoms with Crippen molar-refractivity contribution in [3.8, 4) is 0 Å². The van der Waals surface area contributed by atoms with E-state index in [4.69, 9.17) is 4.74 Å². The number of thiazole rings is 1. The fraction of sp³-hybridized carbons (Fsp3) is 0.647. The van der Waals surface area contributed by atoms with E-state index in [0.29, 0.717) is 43.4 Å². The number of anilines is 1. The molecule has 136 valence electrons. The van der Waals surface area contributed by atoms with Crippen LogP contribution in [0.4, 0.5) is 5.13 Å². The molecule has 3 rings (SSSR count). The number of rotatable bonds is 6. The molecule has 1 aromatic heterocycles. The topological polar surface area (TPSA) is 88.6 Å². The van der Waals surface area contributed by atoms with Gasteiger partial charge in [-0.25, -0.2) is 4.98 Å². The van der Waals surface area contributed by atoms with Gasteiger partial charge in [0.05, 0.1) is 24.6 Å². The van der Waals surface area contributed by atoms with Crippen LogP contribution in [0.3, 0.4) is 0 Å². The molecule has 1 aromatic rings. The Balaban J connectivity index is 1.45. The number of amides is 2. The molecule has 2 amide bonds. The normalized spacial score (nSPS) is 18.0. The maximum atomic E-state index is 12.4. The highest BCUT2D eigenvalue weighted by Crippen LogP contribution is 2.30. The van der Waals surface area contributed by atoms with Crippen molar-refractivity contribution in [2.24, 2.45) is 11.8 Å². The van der Waals surface area contributed by atoms with E-state index < -0.39 is 0 Å². The minimum absolute atomic E-state index is 0.00711. The number of carbonyl (C=O) groups is 3. The quantitative estimate of drug-likeness (QED) is 0.777. The Kier molecular flexibility index (Phi) is 5.67. The number of nitrogens with one attached hydrogen (secondary N) is 1. The molecule has 0 atom stereocenters. The van der Waals surface area contributed by atoms with Gasteiger partial charge in [-0.05, 0) is 32.6 Å². The standard InChI is InChI=1S/C17H23N3O4S/c1-2-24-16(23)12-5-7-20(8-6-12)14(21)9-13-10-25-17(18-13)19-15(22)11-3-4-11/h10-12H,2-9H2,1H3,(H,18,19,22). The highest BCUT2D eigenvalue weighted by atomic mass is 32.1. The summed E-state index contributed by atoms with van der Waals surface area (Å²) in [5, 5.41) is 5.17. The largest absolute Gasteiger partial charge is 0.466 e. The smallest absolute Gasteiger partial charge is 0.309 e. The number of nitrogens with zero attached hydrogens (tertiary/aromatic N) is 2. The van der Waals surface area contributed by atoms with Crippen LogP contribution in [-0.4, -0.2) is 47.4 Å². The van der Waals surface area contributed by atoms with Crippen LogP contribution in [0, 0.1) is 11.8 Å². The summed E-state index contributed by atoms with van der Waals surface area (Å²) in [6, 6.07) is 0. The molecule has 1 saturated heterocycles. The Morgan fingerprint density at radius 1 is 1.24 bits per heavy atom. The lowest BCUT2D eigenvalue weighted by atomic mass is 9.97. The predicted octanol–water partition coefficient (Wildman–Crippen LogP) is 1.84. The third-order valence-corrected chi connectivity index (χ3v) is 5.34. The van der Waals surface area contributed by atoms with Crippen LogP contribution in [0.15, 0.2) is 5.38 Å². The summed E-state index contributed by atoms with van der Waals surface area (Å²) in [7, 11) is 0. The molecule has 0 spiro atoms. The van der Waals surface area contributed by atoms with Crippen LogP contribution in [0.5, 0.6) is 0 Å². The summed E-state index contributed by atoms with van der Waals surface area (Å²) in [5.74, 6) is -0.103. The first-order valence-electron chi connectivity index (χ1n) is 8.76. The van der Waals surface area contributed by atoms with Gasteiger partial charge in [-0.1, -0.05) is 0 Å². The van der Waals surface area contributed by atoms with Gasteiger partial charge in [0.1, 0.15) is 0 Å². The summed E-state index contributed by atoms with van der Waals surface area (Å²) in [5.41, 5.74) is 0.675. The van der Waals surface area contributed by atoms with Gasteiger partial charge >= 0.3 is 5.97 Å². The molecule has 0 radical (unpaired) electrons. The fourth-order valence-corrected chi connectivity index (χ4v) is 3.60. The summed E-state index contributed by atoms with van der Waals surface area (Å²) >= 11 is 1.35. The van der Waals surface area contributed by atoms with E-state index in [-0.39, 0.29) is 36.0 Å². The Morgan fingerprint density at radius 3 is 2.60 bits per heavy atom. The minimum atomic E-state index is -0.162. The second-order valence-corrected chi connectivity index (χ2v) is 7.35. The minimum Gasteiger partial charge on any atom is -0.466 e. The second kappa shape index (κ2) is 7.95. The molecule has 0 aromatic carbocycles. The SMILES string of the molecule is CCOC(=O)C1CCN(C(=O)Cc2csc(NC(=O)C3CC3)n2)CC1. The van der Waals surface area contributed by atoms with E-state index >= 15 is 0 Å². The van der Waals surface area contributed by atoms with E-state index in [1.54, 1.807) is 11.8 Å². The first-order valence-corrected chi connectivity index (χ1v) is 9.64. The third-order valence-electron chi connectivity index (χ3n) is 4.53. The summed E-state index contributed by atoms with van der Waals surface area (Å²) < 4.78 is 5.04. The Bertz CT molecular complexity index is 648. The maximum absolute atomic E-state index is 12.4. The van der Waals surface area contributed by atoms with Crippen molar-refractivity contribution in [1.82, 2.24) is 9.88 Å². The van der Waals surface area contributed by atoms with E-state index in [1.165, 1.54) is 11.3 Å². The average molecular weight is 365 g/mol. The van der Waals surface area contributed by atoms with Gasteiger partial charge in [-0.3, -0.25) is 14.4 Å². The number of ether oxygens (including phenoxy) is 1. The molecular weight excluding hydrogens is 342 g/mol. The first-order chi connectivity index (χ1) is 12.1. The van der Waals surface area contributed by atoms with Crippen LogP contribution in [0.2, 0.25) is 0 Å². The van der Waals surface area contributed by atoms with E-state index in [1.807, 2.05) is 5.38 Å². The molecule has 8 heteroatoms. The maximum Gasteiger partial charge on any atom is 0.309 e. The van der Waals surface area contributed by atoms with Gasteiger partial charge in [0, 0.05) is 24.4 Å². The number of esters is 1. The molecule has 7 nitrogen and oxygen atoms in total. The molecule has 2 aliphatic rings. The zero-order valence-electron chi connectivity index (χ0n) is 14.3. The van der Waals surface area contributed by atoms with Crippen molar-refractivity contribution in [3.63, 3.8) is 0 Å². The molecule has 1 aliphatic heterocycles. The van der Waals surface area contributed by atoms with Gasteiger partial charge in [0.2, 0.25) is 11.8 Å². The summed E-state index contributed by atoms with van der Waals surface area (Å²) in [6.45, 7) is 3.32. The molecule has 1 N–H and O–H groups in total. The van der Waals surface area contributed by atoms with Gasteiger partial charge in [-0.2, -0.15) is 0 Å². The van der Waals surface area contributed by atoms with Crippen molar-refractivity contribution in [3.05, 3.63) is 11.1 Å². The first kappa shape index (κ1) is 17.8. The molecule has 25 heavy (non-hydrogen) atoms. The van der Waals surface area contributed by atoms with Gasteiger partial charge in [0.25, 0.3) is 0 Å². The molecule has 2 fully saturated rings. The van der Waals surface area contributed by atoms with Gasteiger partial charge in [0.15, 0.2) is 5.13 Å². The van der Waals surface area contributed by atoms with Crippen molar-refractivity contribution in [2.45, 2.75) is 39.0 Å². The fourth-order valence-electron chi connectivity index (χ4n) is 2.89. The summed E-state index contributed by atoms with van der Waals surface area (Å²) in [6.07, 6.45) is 3.41. The average Bonchev–Trinajstić information content (AvgIpc) is 3.37. The number of aromatic nitrogens is 1. The number of carbonyl (C=O) groups excluding carboxylic acids is 3. The highest BCUT2D eigenvalue weighted by Gasteiger charge is 2.30. The van der Waals surface area contributed by atoms with Crippen LogP contribution >= 0.6 is 11.3 Å². The number of hydrogen-bond donors (Lipinski definition) is 1. The molecule has 1 saturated carbocycles. The van der Waals surface area contributed by atoms with Crippen LogP contribution in [0.25, 0.3) is 0 Å². The van der Waals surface area contributed by atoms with Crippen molar-refractivity contribution >= 4 is 34.3 Å². The Morgan fingerprint density at radius 2 is 1.96 bits per heavy atom.